The van der Waals surface area contributed by atoms with Crippen molar-refractivity contribution in [3.05, 3.63) is 42.7 Å². The van der Waals surface area contributed by atoms with E-state index in [1.54, 1.807) is 11.9 Å². The average Bonchev–Trinajstić information content (AvgIpc) is 3.49. The molecule has 1 saturated carbocycles. The smallest absolute Gasteiger partial charge is 0.229 e. The standard InChI is InChI=1S/C23H26N4O3/c1-26-13-23-10-8-17(30-23)18(19(23)22(26)29)21(28)25-15-4-6-16(7-5-15)27-12-9-14-3-2-11-24-20(14)27/h2-3,8-12,15-19H,4-7,13H2,1H3,(H,25,28)/t15?,16?,17-,18-,19+,23-/m0/s1. The second-order valence-electron chi connectivity index (χ2n) is 9.25. The lowest BCUT2D eigenvalue weighted by molar-refractivity contribution is -0.137. The van der Waals surface area contributed by atoms with E-state index < -0.39 is 11.5 Å². The van der Waals surface area contributed by atoms with Gasteiger partial charge in [-0.1, -0.05) is 12.2 Å². The quantitative estimate of drug-likeness (QED) is 0.792. The Labute approximate surface area is 175 Å². The number of nitrogens with zero attached hydrogens (tertiary/aromatic N) is 3. The molecule has 2 bridgehead atoms. The summed E-state index contributed by atoms with van der Waals surface area (Å²) in [7, 11) is 1.79. The van der Waals surface area contributed by atoms with Crippen molar-refractivity contribution in [2.24, 2.45) is 11.8 Å². The lowest BCUT2D eigenvalue weighted by Gasteiger charge is -2.32. The fourth-order valence-corrected chi connectivity index (χ4v) is 6.07. The van der Waals surface area contributed by atoms with Crippen LogP contribution in [0.25, 0.3) is 11.0 Å². The predicted octanol–water partition coefficient (Wildman–Crippen LogP) is 2.05. The van der Waals surface area contributed by atoms with Crippen molar-refractivity contribution in [1.82, 2.24) is 19.8 Å². The van der Waals surface area contributed by atoms with Crippen LogP contribution in [0.5, 0.6) is 0 Å². The number of hydrogen-bond donors (Lipinski definition) is 1. The van der Waals surface area contributed by atoms with Gasteiger partial charge in [-0.25, -0.2) is 4.98 Å². The zero-order valence-corrected chi connectivity index (χ0v) is 17.0. The van der Waals surface area contributed by atoms with Gasteiger partial charge >= 0.3 is 0 Å². The molecule has 5 heterocycles. The number of fused-ring (bicyclic) bond motifs is 2. The molecule has 30 heavy (non-hydrogen) atoms. The summed E-state index contributed by atoms with van der Waals surface area (Å²) in [4.78, 5) is 32.1. The number of amides is 2. The van der Waals surface area contributed by atoms with Crippen LogP contribution >= 0.6 is 0 Å². The Bertz CT molecular complexity index is 1050. The maximum Gasteiger partial charge on any atom is 0.229 e. The first-order chi connectivity index (χ1) is 14.6. The molecule has 7 nitrogen and oxygen atoms in total. The van der Waals surface area contributed by atoms with E-state index in [-0.39, 0.29) is 29.9 Å². The third kappa shape index (κ3) is 2.51. The molecule has 0 unspecified atom stereocenters. The van der Waals surface area contributed by atoms with Gasteiger partial charge in [0.25, 0.3) is 0 Å². The minimum atomic E-state index is -0.599. The van der Waals surface area contributed by atoms with E-state index in [0.29, 0.717) is 12.6 Å². The third-order valence-electron chi connectivity index (χ3n) is 7.50. The first-order valence-electron chi connectivity index (χ1n) is 10.9. The van der Waals surface area contributed by atoms with Crippen molar-refractivity contribution >= 4 is 22.8 Å². The first kappa shape index (κ1) is 18.1. The molecule has 4 atom stereocenters. The number of hydrogen-bond acceptors (Lipinski definition) is 4. The van der Waals surface area contributed by atoms with E-state index in [9.17, 15) is 9.59 Å². The van der Waals surface area contributed by atoms with Crippen LogP contribution < -0.4 is 5.32 Å². The predicted molar refractivity (Wildman–Crippen MR) is 111 cm³/mol. The molecule has 1 N–H and O–H groups in total. The maximum absolute atomic E-state index is 13.2. The fourth-order valence-electron chi connectivity index (χ4n) is 6.07. The molecule has 0 aromatic carbocycles. The van der Waals surface area contributed by atoms with Crippen LogP contribution in [0.3, 0.4) is 0 Å². The molecule has 2 saturated heterocycles. The number of aromatic nitrogens is 2. The van der Waals surface area contributed by atoms with Crippen LogP contribution in [0.4, 0.5) is 0 Å². The topological polar surface area (TPSA) is 76.5 Å². The molecule has 4 aliphatic rings. The molecule has 7 heteroatoms. The van der Waals surface area contributed by atoms with Crippen LogP contribution in [0.2, 0.25) is 0 Å². The molecule has 3 aliphatic heterocycles. The van der Waals surface area contributed by atoms with E-state index in [2.05, 4.69) is 33.2 Å². The molecular formula is C23H26N4O3. The summed E-state index contributed by atoms with van der Waals surface area (Å²) in [5.41, 5.74) is 0.434. The molecule has 1 aliphatic carbocycles. The minimum Gasteiger partial charge on any atom is -0.360 e. The number of pyridine rings is 1. The van der Waals surface area contributed by atoms with Crippen LogP contribution in [-0.2, 0) is 14.3 Å². The van der Waals surface area contributed by atoms with Crippen molar-refractivity contribution in [2.75, 3.05) is 13.6 Å². The lowest BCUT2D eigenvalue weighted by Crippen LogP contribution is -2.47. The van der Waals surface area contributed by atoms with E-state index in [4.69, 9.17) is 4.74 Å². The highest BCUT2D eigenvalue weighted by atomic mass is 16.5. The van der Waals surface area contributed by atoms with Gasteiger partial charge in [0, 0.05) is 36.9 Å². The summed E-state index contributed by atoms with van der Waals surface area (Å²) in [5.74, 6) is -0.803. The number of carbonyl (C=O) groups is 2. The summed E-state index contributed by atoms with van der Waals surface area (Å²) in [6.45, 7) is 0.539. The van der Waals surface area contributed by atoms with Crippen molar-refractivity contribution in [1.29, 1.82) is 0 Å². The van der Waals surface area contributed by atoms with Gasteiger partial charge in [-0.3, -0.25) is 9.59 Å². The van der Waals surface area contributed by atoms with Crippen LogP contribution in [0, 0.1) is 11.8 Å². The highest BCUT2D eigenvalue weighted by Gasteiger charge is 2.66. The molecule has 1 spiro atoms. The number of ether oxygens (including phenoxy) is 1. The van der Waals surface area contributed by atoms with E-state index in [1.807, 2.05) is 24.4 Å². The number of rotatable bonds is 3. The van der Waals surface area contributed by atoms with Crippen molar-refractivity contribution in [2.45, 2.75) is 49.5 Å². The van der Waals surface area contributed by atoms with Crippen LogP contribution in [0.15, 0.2) is 42.7 Å². The Balaban J connectivity index is 1.12. The number of likely N-dealkylation sites (tertiary alicyclic amines) is 1. The second-order valence-corrected chi connectivity index (χ2v) is 9.25. The summed E-state index contributed by atoms with van der Waals surface area (Å²) >= 11 is 0. The molecule has 156 valence electrons. The summed E-state index contributed by atoms with van der Waals surface area (Å²) in [6, 6.07) is 6.73. The van der Waals surface area contributed by atoms with Gasteiger partial charge in [-0.15, -0.1) is 0 Å². The summed E-state index contributed by atoms with van der Waals surface area (Å²) < 4.78 is 8.39. The van der Waals surface area contributed by atoms with E-state index in [1.165, 1.54) is 0 Å². The Kier molecular flexibility index (Phi) is 3.87. The molecule has 0 radical (unpaired) electrons. The van der Waals surface area contributed by atoms with Gasteiger partial charge < -0.3 is 19.5 Å². The molecule has 2 aromatic heterocycles. The van der Waals surface area contributed by atoms with Crippen molar-refractivity contribution in [3.8, 4) is 0 Å². The highest BCUT2D eigenvalue weighted by Crippen LogP contribution is 2.51. The normalized spacial score (nSPS) is 37.2. The Morgan fingerprint density at radius 1 is 1.27 bits per heavy atom. The zero-order chi connectivity index (χ0) is 20.5. The zero-order valence-electron chi connectivity index (χ0n) is 17.0. The van der Waals surface area contributed by atoms with Gasteiger partial charge in [0.2, 0.25) is 11.8 Å². The number of nitrogens with one attached hydrogen (secondary N) is 1. The number of carbonyl (C=O) groups excluding carboxylic acids is 2. The summed E-state index contributed by atoms with van der Waals surface area (Å²) in [5, 5.41) is 4.41. The van der Waals surface area contributed by atoms with Gasteiger partial charge in [0.15, 0.2) is 0 Å². The first-order valence-corrected chi connectivity index (χ1v) is 10.9. The molecule has 2 aromatic rings. The third-order valence-corrected chi connectivity index (χ3v) is 7.50. The van der Waals surface area contributed by atoms with Crippen molar-refractivity contribution in [3.63, 3.8) is 0 Å². The Hall–Kier alpha value is -2.67. The largest absolute Gasteiger partial charge is 0.360 e. The van der Waals surface area contributed by atoms with Gasteiger partial charge in [0.05, 0.1) is 24.5 Å². The van der Waals surface area contributed by atoms with Gasteiger partial charge in [-0.05, 0) is 43.9 Å². The lowest BCUT2D eigenvalue weighted by atomic mass is 9.76. The van der Waals surface area contributed by atoms with Gasteiger partial charge in [0.1, 0.15) is 11.2 Å². The van der Waals surface area contributed by atoms with Gasteiger partial charge in [-0.2, -0.15) is 0 Å². The van der Waals surface area contributed by atoms with E-state index >= 15 is 0 Å². The number of likely N-dealkylation sites (N-methyl/N-ethyl adjacent to an activating group) is 1. The van der Waals surface area contributed by atoms with Crippen LogP contribution in [-0.4, -0.2) is 57.6 Å². The van der Waals surface area contributed by atoms with Crippen molar-refractivity contribution < 1.29 is 14.3 Å². The molecule has 6 rings (SSSR count). The highest BCUT2D eigenvalue weighted by molar-refractivity contribution is 5.93. The monoisotopic (exact) mass is 406 g/mol. The summed E-state index contributed by atoms with van der Waals surface area (Å²) in [6.07, 6.45) is 11.5. The minimum absolute atomic E-state index is 0.0256. The fraction of sp³-hybridized carbons (Fsp3) is 0.522. The van der Waals surface area contributed by atoms with E-state index in [0.717, 1.165) is 36.7 Å². The maximum atomic E-state index is 13.2. The molecular weight excluding hydrogens is 380 g/mol. The molecule has 3 fully saturated rings. The Morgan fingerprint density at radius 2 is 2.10 bits per heavy atom. The Morgan fingerprint density at radius 3 is 2.93 bits per heavy atom. The molecule has 2 amide bonds. The SMILES string of the molecule is CN1C[C@]23C=C[C@H](O2)[C@H](C(=O)NC2CCC(n4ccc5cccnc54)CC2)[C@@H]3C1=O. The second kappa shape index (κ2) is 6.41. The van der Waals surface area contributed by atoms with Crippen LogP contribution in [0.1, 0.15) is 31.7 Å². The average molecular weight is 406 g/mol.